The Morgan fingerprint density at radius 2 is 1.91 bits per heavy atom. The fourth-order valence-electron chi connectivity index (χ4n) is 6.16. The topological polar surface area (TPSA) is 132 Å². The number of hydrogen-bond acceptors (Lipinski definition) is 8. The molecule has 1 N–H and O–H groups in total. The molecule has 2 atom stereocenters. The Morgan fingerprint density at radius 1 is 1.05 bits per heavy atom. The van der Waals surface area contributed by atoms with Crippen LogP contribution in [0.2, 0.25) is 0 Å². The highest BCUT2D eigenvalue weighted by molar-refractivity contribution is 6.13. The Kier molecular flexibility index (Phi) is 5.88. The van der Waals surface area contributed by atoms with Gasteiger partial charge in [0.1, 0.15) is 12.4 Å². The van der Waals surface area contributed by atoms with Crippen LogP contribution in [-0.2, 0) is 11.3 Å². The van der Waals surface area contributed by atoms with E-state index >= 15 is 0 Å². The van der Waals surface area contributed by atoms with Crippen LogP contribution in [0, 0.1) is 18.3 Å². The number of rotatable bonds is 7. The molecule has 0 radical (unpaired) electrons. The molecule has 0 bridgehead atoms. The number of fused-ring (bicyclic) bond motifs is 2. The summed E-state index contributed by atoms with van der Waals surface area (Å²) in [6.45, 7) is 2.38. The maximum atomic E-state index is 12.9. The van der Waals surface area contributed by atoms with Crippen molar-refractivity contribution in [3.8, 4) is 6.07 Å². The number of nitriles is 1. The summed E-state index contributed by atoms with van der Waals surface area (Å²) in [6, 6.07) is 13.7. The van der Waals surface area contributed by atoms with E-state index in [9.17, 15) is 14.9 Å². The second kappa shape index (κ2) is 9.84. The lowest BCUT2D eigenvalue weighted by Gasteiger charge is -2.17. The van der Waals surface area contributed by atoms with Crippen LogP contribution in [0.15, 0.2) is 55.0 Å². The summed E-state index contributed by atoms with van der Waals surface area (Å²) in [5, 5.41) is 14.2. The predicted octanol–water partition coefficient (Wildman–Crippen LogP) is 5.01. The summed E-state index contributed by atoms with van der Waals surface area (Å²) in [5.74, 6) is 1.60. The lowest BCUT2D eigenvalue weighted by Crippen LogP contribution is -2.30. The standard InChI is InChI=1S/C33H29N9O2/c1-18-7-8-35-31(37-18)26-12-25(26)27-6-5-24-20(13-34)9-22(11-28(24)39-27)36-14-23-16-41-15-21(19-3-4-19)10-29(32(41)38-23)42-17-30(43)40(2)33(42)44/h5-11,15-16,19,25-26,36H,3-4,12,14,17H2,1-2H3/t25-,26+/m1/s1. The number of hydrogen-bond donors (Lipinski definition) is 1. The number of nitrogens with zero attached hydrogens (tertiary/aromatic N) is 8. The van der Waals surface area contributed by atoms with E-state index in [1.54, 1.807) is 6.20 Å². The molecule has 0 unspecified atom stereocenters. The molecule has 5 aromatic rings. The minimum atomic E-state index is -0.344. The number of carbonyl (C=O) groups is 2. The van der Waals surface area contributed by atoms with E-state index in [0.29, 0.717) is 29.4 Å². The van der Waals surface area contributed by atoms with E-state index in [-0.39, 0.29) is 30.3 Å². The summed E-state index contributed by atoms with van der Waals surface area (Å²) < 4.78 is 1.95. The maximum absolute atomic E-state index is 12.9. The SMILES string of the molecule is Cc1ccnc([C@H]2C[C@H]2c2ccc3c(C#N)cc(NCc4cn5cc(C6CC6)cc(N6CC(=O)N(C)C6=O)c5n4)cc3n2)n1. The molecule has 11 nitrogen and oxygen atoms in total. The zero-order valence-electron chi connectivity index (χ0n) is 24.4. The molecule has 1 saturated heterocycles. The molecule has 0 spiro atoms. The summed E-state index contributed by atoms with van der Waals surface area (Å²) in [7, 11) is 1.51. The molecule has 44 heavy (non-hydrogen) atoms. The monoisotopic (exact) mass is 583 g/mol. The van der Waals surface area contributed by atoms with Crippen molar-refractivity contribution in [1.29, 1.82) is 5.26 Å². The van der Waals surface area contributed by atoms with E-state index in [4.69, 9.17) is 9.97 Å². The molecular weight excluding hydrogens is 554 g/mol. The first kappa shape index (κ1) is 26.3. The highest BCUT2D eigenvalue weighted by Crippen LogP contribution is 2.53. The Labute approximate surface area is 253 Å². The molecule has 1 aliphatic heterocycles. The minimum Gasteiger partial charge on any atom is -0.379 e. The van der Waals surface area contributed by atoms with E-state index in [1.807, 2.05) is 53.9 Å². The second-order valence-electron chi connectivity index (χ2n) is 12.0. The van der Waals surface area contributed by atoms with Crippen LogP contribution in [0.4, 0.5) is 16.2 Å². The van der Waals surface area contributed by atoms with Gasteiger partial charge in [0, 0.05) is 59.9 Å². The number of imidazole rings is 1. The van der Waals surface area contributed by atoms with Crippen molar-refractivity contribution >= 4 is 39.9 Å². The van der Waals surface area contributed by atoms with Crippen LogP contribution in [0.3, 0.4) is 0 Å². The molecule has 11 heteroatoms. The molecule has 218 valence electrons. The first-order valence-electron chi connectivity index (χ1n) is 14.8. The van der Waals surface area contributed by atoms with Crippen LogP contribution >= 0.6 is 0 Å². The third-order valence-electron chi connectivity index (χ3n) is 8.87. The molecule has 2 saturated carbocycles. The molecule has 8 rings (SSSR count). The van der Waals surface area contributed by atoms with Crippen molar-refractivity contribution in [2.24, 2.45) is 0 Å². The number of amides is 3. The number of urea groups is 1. The van der Waals surface area contributed by atoms with E-state index < -0.39 is 0 Å². The Morgan fingerprint density at radius 3 is 2.66 bits per heavy atom. The predicted molar refractivity (Wildman–Crippen MR) is 163 cm³/mol. The van der Waals surface area contributed by atoms with Gasteiger partial charge in [-0.1, -0.05) is 0 Å². The van der Waals surface area contributed by atoms with Gasteiger partial charge in [-0.05, 0) is 74.1 Å². The van der Waals surface area contributed by atoms with Crippen molar-refractivity contribution in [3.63, 3.8) is 0 Å². The van der Waals surface area contributed by atoms with Crippen LogP contribution in [0.1, 0.15) is 71.0 Å². The number of nitrogens with one attached hydrogen (secondary N) is 1. The highest BCUT2D eigenvalue weighted by Gasteiger charge is 2.43. The van der Waals surface area contributed by atoms with Gasteiger partial charge < -0.3 is 9.72 Å². The van der Waals surface area contributed by atoms with E-state index in [0.717, 1.165) is 69.2 Å². The third-order valence-corrected chi connectivity index (χ3v) is 8.87. The zero-order valence-corrected chi connectivity index (χ0v) is 24.4. The summed E-state index contributed by atoms with van der Waals surface area (Å²) in [6.07, 6.45) is 9.01. The molecular formula is C33H29N9O2. The summed E-state index contributed by atoms with van der Waals surface area (Å²) in [4.78, 5) is 46.7. The van der Waals surface area contributed by atoms with Gasteiger partial charge in [0.25, 0.3) is 0 Å². The molecule has 3 fully saturated rings. The molecule has 3 aliphatic rings. The first-order valence-corrected chi connectivity index (χ1v) is 14.8. The van der Waals surface area contributed by atoms with Crippen molar-refractivity contribution in [2.45, 2.75) is 50.5 Å². The fraction of sp³-hybridized carbons (Fsp3) is 0.303. The normalized spacial score (nSPS) is 19.7. The van der Waals surface area contributed by atoms with Crippen LogP contribution in [0.25, 0.3) is 16.6 Å². The molecule has 3 amide bonds. The van der Waals surface area contributed by atoms with Gasteiger partial charge in [0.05, 0.1) is 35.1 Å². The number of anilines is 2. The maximum Gasteiger partial charge on any atom is 0.331 e. The number of pyridine rings is 2. The number of imide groups is 1. The molecule has 4 aromatic heterocycles. The minimum absolute atomic E-state index is 0.00217. The van der Waals surface area contributed by atoms with Crippen molar-refractivity contribution < 1.29 is 9.59 Å². The number of aromatic nitrogens is 5. The Hall–Kier alpha value is -5.37. The smallest absolute Gasteiger partial charge is 0.331 e. The number of likely N-dealkylation sites (N-methyl/N-ethyl adjacent to an activating group) is 1. The lowest BCUT2D eigenvalue weighted by molar-refractivity contribution is -0.123. The van der Waals surface area contributed by atoms with Crippen molar-refractivity contribution in [2.75, 3.05) is 23.8 Å². The van der Waals surface area contributed by atoms with Gasteiger partial charge in [0.2, 0.25) is 5.91 Å². The van der Waals surface area contributed by atoms with Gasteiger partial charge in [-0.2, -0.15) is 5.26 Å². The average molecular weight is 584 g/mol. The van der Waals surface area contributed by atoms with E-state index in [1.165, 1.54) is 11.9 Å². The van der Waals surface area contributed by atoms with Crippen LogP contribution in [-0.4, -0.2) is 54.8 Å². The largest absolute Gasteiger partial charge is 0.379 e. The average Bonchev–Trinajstić information content (AvgIpc) is 3.96. The van der Waals surface area contributed by atoms with E-state index in [2.05, 4.69) is 27.6 Å². The van der Waals surface area contributed by atoms with Gasteiger partial charge in [-0.3, -0.25) is 19.6 Å². The molecule has 5 heterocycles. The quantitative estimate of drug-likeness (QED) is 0.265. The summed E-state index contributed by atoms with van der Waals surface area (Å²) in [5.41, 5.74) is 7.19. The second-order valence-corrected chi connectivity index (χ2v) is 12.0. The lowest BCUT2D eigenvalue weighted by atomic mass is 10.1. The third kappa shape index (κ3) is 4.50. The number of benzene rings is 1. The first-order chi connectivity index (χ1) is 21.4. The van der Waals surface area contributed by atoms with Crippen LogP contribution in [0.5, 0.6) is 0 Å². The fourth-order valence-corrected chi connectivity index (χ4v) is 6.16. The number of carbonyl (C=O) groups excluding carboxylic acids is 2. The highest BCUT2D eigenvalue weighted by atomic mass is 16.2. The number of aryl methyl sites for hydroxylation is 1. The molecule has 1 aromatic carbocycles. The summed E-state index contributed by atoms with van der Waals surface area (Å²) >= 11 is 0. The zero-order chi connectivity index (χ0) is 30.1. The van der Waals surface area contributed by atoms with Gasteiger partial charge >= 0.3 is 6.03 Å². The Balaban J connectivity index is 1.07. The Bertz CT molecular complexity index is 2060. The van der Waals surface area contributed by atoms with Gasteiger partial charge in [0.15, 0.2) is 5.65 Å². The van der Waals surface area contributed by atoms with Crippen LogP contribution < -0.4 is 10.2 Å². The van der Waals surface area contributed by atoms with Gasteiger partial charge in [-0.15, -0.1) is 0 Å². The molecule has 2 aliphatic carbocycles. The van der Waals surface area contributed by atoms with Gasteiger partial charge in [-0.25, -0.2) is 19.7 Å². The van der Waals surface area contributed by atoms with Crippen molar-refractivity contribution in [1.82, 2.24) is 29.2 Å². The van der Waals surface area contributed by atoms with Crippen molar-refractivity contribution in [3.05, 3.63) is 89.0 Å².